The number of nitrogens with zero attached hydrogens (tertiary/aromatic N) is 2. The molecule has 5 nitrogen and oxygen atoms in total. The van der Waals surface area contributed by atoms with Crippen LogP contribution < -0.4 is 10.2 Å². The molecule has 1 aliphatic rings. The van der Waals surface area contributed by atoms with E-state index in [1.54, 1.807) is 13.3 Å². The van der Waals surface area contributed by atoms with Crippen molar-refractivity contribution in [3.8, 4) is 5.75 Å². The molecular weight excluding hydrogens is 350 g/mol. The number of aryl methyl sites for hydroxylation is 2. The summed E-state index contributed by atoms with van der Waals surface area (Å²) in [6.45, 7) is 0.677. The second-order valence-corrected chi connectivity index (χ2v) is 7.12. The van der Waals surface area contributed by atoms with Crippen molar-refractivity contribution < 1.29 is 9.53 Å². The summed E-state index contributed by atoms with van der Waals surface area (Å²) in [4.78, 5) is 12.3. The number of hydrogen-bond acceptors (Lipinski definition) is 3. The van der Waals surface area contributed by atoms with Crippen molar-refractivity contribution >= 4 is 23.0 Å². The fraction of sp³-hybridized carbons (Fsp3) is 0.304. The Morgan fingerprint density at radius 2 is 2.04 bits per heavy atom. The number of amides is 1. The summed E-state index contributed by atoms with van der Waals surface area (Å²) in [7, 11) is 1.63. The Morgan fingerprint density at radius 3 is 2.93 bits per heavy atom. The predicted octanol–water partition coefficient (Wildman–Crippen LogP) is 4.07. The normalized spacial score (nSPS) is 13.6. The van der Waals surface area contributed by atoms with Gasteiger partial charge in [0.05, 0.1) is 13.3 Å². The maximum absolute atomic E-state index is 12.3. The quantitative estimate of drug-likeness (QED) is 0.522. The Kier molecular flexibility index (Phi) is 5.42. The lowest BCUT2D eigenvalue weighted by Crippen LogP contribution is -2.20. The van der Waals surface area contributed by atoms with Gasteiger partial charge >= 0.3 is 0 Å². The maximum Gasteiger partial charge on any atom is 0.241 e. The summed E-state index contributed by atoms with van der Waals surface area (Å²) in [6.07, 6.45) is 6.74. The highest BCUT2D eigenvalue weighted by Gasteiger charge is 2.19. The van der Waals surface area contributed by atoms with Gasteiger partial charge in [0, 0.05) is 29.6 Å². The number of methoxy groups -OCH3 is 1. The second kappa shape index (κ2) is 8.30. The van der Waals surface area contributed by atoms with Crippen molar-refractivity contribution in [1.82, 2.24) is 9.99 Å². The van der Waals surface area contributed by atoms with E-state index in [1.807, 2.05) is 24.3 Å². The summed E-state index contributed by atoms with van der Waals surface area (Å²) in [5.74, 6) is 0.682. The molecule has 0 radical (unpaired) electrons. The fourth-order valence-electron chi connectivity index (χ4n) is 4.01. The molecule has 0 saturated carbocycles. The van der Waals surface area contributed by atoms with Crippen LogP contribution in [0.25, 0.3) is 10.9 Å². The number of nitrogens with one attached hydrogen (secondary N) is 1. The van der Waals surface area contributed by atoms with Gasteiger partial charge in [0.2, 0.25) is 5.91 Å². The Morgan fingerprint density at radius 1 is 1.18 bits per heavy atom. The van der Waals surface area contributed by atoms with Crippen LogP contribution in [0.4, 0.5) is 0 Å². The zero-order valence-electron chi connectivity index (χ0n) is 16.1. The lowest BCUT2D eigenvalue weighted by Gasteiger charge is -2.15. The lowest BCUT2D eigenvalue weighted by atomic mass is 9.95. The minimum Gasteiger partial charge on any atom is -0.497 e. The number of fused-ring (bicyclic) bond motifs is 3. The Bertz CT molecular complexity index is 1020. The number of benzene rings is 2. The molecule has 1 heterocycles. The van der Waals surface area contributed by atoms with Crippen molar-refractivity contribution in [3.63, 3.8) is 0 Å². The number of carbonyl (C=O) groups is 1. The van der Waals surface area contributed by atoms with Crippen LogP contribution >= 0.6 is 0 Å². The van der Waals surface area contributed by atoms with Crippen LogP contribution in [0.15, 0.2) is 53.6 Å². The molecule has 0 bridgehead atoms. The molecule has 0 spiro atoms. The van der Waals surface area contributed by atoms with Crippen LogP contribution in [0, 0.1) is 0 Å². The van der Waals surface area contributed by atoms with E-state index in [1.165, 1.54) is 35.0 Å². The monoisotopic (exact) mass is 375 g/mol. The van der Waals surface area contributed by atoms with E-state index < -0.39 is 0 Å². The van der Waals surface area contributed by atoms with Gasteiger partial charge in [0.1, 0.15) is 5.75 Å². The maximum atomic E-state index is 12.3. The van der Waals surface area contributed by atoms with E-state index >= 15 is 0 Å². The van der Waals surface area contributed by atoms with Crippen molar-refractivity contribution in [2.24, 2.45) is 5.10 Å². The van der Waals surface area contributed by atoms with E-state index in [0.717, 1.165) is 24.2 Å². The number of carbonyl (C=O) groups excluding carboxylic acids is 1. The third-order valence-corrected chi connectivity index (χ3v) is 5.34. The van der Waals surface area contributed by atoms with Gasteiger partial charge in [-0.1, -0.05) is 30.3 Å². The van der Waals surface area contributed by atoms with Crippen molar-refractivity contribution in [2.75, 3.05) is 7.11 Å². The first-order valence-corrected chi connectivity index (χ1v) is 9.81. The summed E-state index contributed by atoms with van der Waals surface area (Å²) in [5.41, 5.74) is 7.63. The highest BCUT2D eigenvalue weighted by Crippen LogP contribution is 2.32. The molecule has 0 unspecified atom stereocenters. The molecule has 1 amide bonds. The van der Waals surface area contributed by atoms with Crippen LogP contribution in [0.3, 0.4) is 0 Å². The Labute approximate surface area is 165 Å². The molecule has 0 aliphatic heterocycles. The number of aromatic nitrogens is 1. The van der Waals surface area contributed by atoms with Crippen molar-refractivity contribution in [1.29, 1.82) is 0 Å². The molecule has 0 saturated heterocycles. The minimum absolute atomic E-state index is 0.0820. The van der Waals surface area contributed by atoms with E-state index in [0.29, 0.717) is 13.0 Å². The van der Waals surface area contributed by atoms with Crippen LogP contribution in [0.1, 0.15) is 36.1 Å². The third-order valence-electron chi connectivity index (χ3n) is 5.34. The molecule has 1 aliphatic carbocycles. The lowest BCUT2D eigenvalue weighted by molar-refractivity contribution is -0.121. The van der Waals surface area contributed by atoms with Crippen LogP contribution in [-0.4, -0.2) is 23.8 Å². The largest absolute Gasteiger partial charge is 0.497 e. The van der Waals surface area contributed by atoms with Crippen LogP contribution in [0.2, 0.25) is 0 Å². The number of hydrazone groups is 1. The van der Waals surface area contributed by atoms with E-state index in [9.17, 15) is 4.79 Å². The highest BCUT2D eigenvalue weighted by molar-refractivity contribution is 5.86. The topological polar surface area (TPSA) is 55.6 Å². The van der Waals surface area contributed by atoms with Gasteiger partial charge in [-0.2, -0.15) is 5.10 Å². The van der Waals surface area contributed by atoms with Gasteiger partial charge in [-0.15, -0.1) is 0 Å². The Balaban J connectivity index is 1.42. The van der Waals surface area contributed by atoms with Gasteiger partial charge in [0.25, 0.3) is 0 Å². The molecule has 4 rings (SSSR count). The molecule has 2 aromatic carbocycles. The molecular formula is C23H25N3O2. The first kappa shape index (κ1) is 18.3. The van der Waals surface area contributed by atoms with Gasteiger partial charge < -0.3 is 9.30 Å². The van der Waals surface area contributed by atoms with Gasteiger partial charge in [-0.3, -0.25) is 4.79 Å². The molecule has 5 heteroatoms. The predicted molar refractivity (Wildman–Crippen MR) is 112 cm³/mol. The van der Waals surface area contributed by atoms with Gasteiger partial charge in [-0.05, 0) is 55.0 Å². The second-order valence-electron chi connectivity index (χ2n) is 7.12. The molecule has 144 valence electrons. The first-order valence-electron chi connectivity index (χ1n) is 9.81. The highest BCUT2D eigenvalue weighted by atomic mass is 16.5. The van der Waals surface area contributed by atoms with E-state index in [2.05, 4.69) is 39.4 Å². The summed E-state index contributed by atoms with van der Waals surface area (Å²) < 4.78 is 7.52. The van der Waals surface area contributed by atoms with E-state index in [4.69, 9.17) is 4.74 Å². The summed E-state index contributed by atoms with van der Waals surface area (Å²) in [6, 6.07) is 16.1. The number of para-hydroxylation sites is 1. The minimum atomic E-state index is -0.0820. The first-order chi connectivity index (χ1) is 13.8. The number of hydrogen-bond donors (Lipinski definition) is 1. The van der Waals surface area contributed by atoms with Crippen LogP contribution in [0.5, 0.6) is 5.75 Å². The average molecular weight is 375 g/mol. The molecule has 0 fully saturated rings. The Hall–Kier alpha value is -3.08. The van der Waals surface area contributed by atoms with Gasteiger partial charge in [-0.25, -0.2) is 5.43 Å². The molecule has 0 atom stereocenters. The zero-order chi connectivity index (χ0) is 19.3. The number of rotatable bonds is 6. The molecule has 28 heavy (non-hydrogen) atoms. The van der Waals surface area contributed by atoms with Crippen molar-refractivity contribution in [2.45, 2.75) is 38.6 Å². The summed E-state index contributed by atoms with van der Waals surface area (Å²) >= 11 is 0. The SMILES string of the molecule is COc1cccc(C=NNC(=O)CCn2c3c(c4ccccc42)CCCC3)c1. The molecule has 3 aromatic rings. The smallest absolute Gasteiger partial charge is 0.241 e. The van der Waals surface area contributed by atoms with E-state index in [-0.39, 0.29) is 5.91 Å². The number of ether oxygens (including phenoxy) is 1. The molecule has 1 N–H and O–H groups in total. The van der Waals surface area contributed by atoms with Crippen LogP contribution in [-0.2, 0) is 24.2 Å². The summed E-state index contributed by atoms with van der Waals surface area (Å²) in [5, 5.41) is 5.42. The van der Waals surface area contributed by atoms with Crippen molar-refractivity contribution in [3.05, 3.63) is 65.4 Å². The fourth-order valence-corrected chi connectivity index (χ4v) is 4.01. The standard InChI is InChI=1S/C23H25N3O2/c1-28-18-8-6-7-17(15-18)16-24-25-23(27)13-14-26-21-11-4-2-9-19(21)20-10-3-5-12-22(20)26/h2,4,6-9,11,15-16H,3,5,10,12-14H2,1H3,(H,25,27). The van der Waals surface area contributed by atoms with Gasteiger partial charge in [0.15, 0.2) is 0 Å². The zero-order valence-corrected chi connectivity index (χ0v) is 16.1. The molecule has 1 aromatic heterocycles. The average Bonchev–Trinajstić information content (AvgIpc) is 3.06. The third kappa shape index (κ3) is 3.79.